The highest BCUT2D eigenvalue weighted by atomic mass is 16.1. The molecule has 0 radical (unpaired) electrons. The third kappa shape index (κ3) is 3.72. The van der Waals surface area contributed by atoms with Gasteiger partial charge >= 0.3 is 0 Å². The molecule has 3 N–H and O–H groups in total. The van der Waals surface area contributed by atoms with Crippen molar-refractivity contribution in [3.05, 3.63) is 29.8 Å². The number of benzene rings is 1. The van der Waals surface area contributed by atoms with Gasteiger partial charge in [0.25, 0.3) is 0 Å². The van der Waals surface area contributed by atoms with Crippen LogP contribution in [0.5, 0.6) is 0 Å². The van der Waals surface area contributed by atoms with Crippen LogP contribution in [0.25, 0.3) is 0 Å². The zero-order valence-electron chi connectivity index (χ0n) is 11.9. The van der Waals surface area contributed by atoms with Gasteiger partial charge in [-0.25, -0.2) is 0 Å². The molecule has 0 spiro atoms. The second kappa shape index (κ2) is 6.09. The number of nitrogens with one attached hydrogen (secondary N) is 1. The van der Waals surface area contributed by atoms with Gasteiger partial charge in [0.2, 0.25) is 5.91 Å². The summed E-state index contributed by atoms with van der Waals surface area (Å²) in [5.74, 6) is 0.822. The van der Waals surface area contributed by atoms with Gasteiger partial charge in [-0.05, 0) is 43.7 Å². The highest BCUT2D eigenvalue weighted by Gasteiger charge is 2.30. The lowest BCUT2D eigenvalue weighted by Gasteiger charge is -2.32. The Hall–Kier alpha value is -1.51. The normalized spacial score (nSPS) is 24.7. The van der Waals surface area contributed by atoms with Crippen LogP contribution in [-0.2, 0) is 4.79 Å². The van der Waals surface area contributed by atoms with E-state index in [1.165, 1.54) is 18.4 Å². The van der Waals surface area contributed by atoms with E-state index in [-0.39, 0.29) is 11.9 Å². The Balaban J connectivity index is 2.07. The molecule has 19 heavy (non-hydrogen) atoms. The number of aryl methyl sites for hydroxylation is 1. The van der Waals surface area contributed by atoms with Crippen molar-refractivity contribution in [1.29, 1.82) is 0 Å². The highest BCUT2D eigenvalue weighted by molar-refractivity contribution is 5.83. The summed E-state index contributed by atoms with van der Waals surface area (Å²) in [6.07, 6.45) is 4.65. The number of carbonyl (C=O) groups is 1. The number of primary amides is 1. The number of amides is 1. The first kappa shape index (κ1) is 13.9. The van der Waals surface area contributed by atoms with Crippen molar-refractivity contribution >= 4 is 11.6 Å². The fourth-order valence-electron chi connectivity index (χ4n) is 3.03. The van der Waals surface area contributed by atoms with E-state index in [0.29, 0.717) is 11.8 Å². The molecule has 1 fully saturated rings. The molecule has 3 heteroatoms. The molecule has 3 nitrogen and oxygen atoms in total. The van der Waals surface area contributed by atoms with Gasteiger partial charge in [-0.3, -0.25) is 4.79 Å². The fraction of sp³-hybridized carbons (Fsp3) is 0.562. The topological polar surface area (TPSA) is 55.1 Å². The monoisotopic (exact) mass is 260 g/mol. The number of hydrogen-bond donors (Lipinski definition) is 2. The van der Waals surface area contributed by atoms with E-state index in [9.17, 15) is 4.79 Å². The Morgan fingerprint density at radius 1 is 1.32 bits per heavy atom. The van der Waals surface area contributed by atoms with Crippen LogP contribution >= 0.6 is 0 Å². The van der Waals surface area contributed by atoms with E-state index in [4.69, 9.17) is 5.73 Å². The molecule has 1 aliphatic carbocycles. The van der Waals surface area contributed by atoms with Gasteiger partial charge in [-0.2, -0.15) is 0 Å². The zero-order valence-corrected chi connectivity index (χ0v) is 11.9. The Morgan fingerprint density at radius 2 is 2.00 bits per heavy atom. The maximum absolute atomic E-state index is 11.7. The number of hydrogen-bond acceptors (Lipinski definition) is 2. The van der Waals surface area contributed by atoms with E-state index < -0.39 is 0 Å². The van der Waals surface area contributed by atoms with Crippen LogP contribution in [0.15, 0.2) is 24.3 Å². The van der Waals surface area contributed by atoms with Crippen LogP contribution in [-0.4, -0.2) is 11.9 Å². The van der Waals surface area contributed by atoms with Crippen LogP contribution in [0.1, 0.15) is 38.2 Å². The second-order valence-electron chi connectivity index (χ2n) is 5.92. The molecule has 1 aliphatic rings. The van der Waals surface area contributed by atoms with Crippen LogP contribution < -0.4 is 11.1 Å². The van der Waals surface area contributed by atoms with Crippen molar-refractivity contribution in [2.75, 3.05) is 5.32 Å². The molecular formula is C16H24N2O. The lowest BCUT2D eigenvalue weighted by atomic mass is 9.78. The summed E-state index contributed by atoms with van der Waals surface area (Å²) in [5.41, 5.74) is 7.78. The minimum atomic E-state index is -0.245. The predicted octanol–water partition coefficient (Wildman–Crippen LogP) is 3.09. The van der Waals surface area contributed by atoms with Gasteiger partial charge < -0.3 is 11.1 Å². The van der Waals surface area contributed by atoms with E-state index in [1.807, 2.05) is 24.3 Å². The Bertz CT molecular complexity index is 427. The van der Waals surface area contributed by atoms with Crippen LogP contribution in [0, 0.1) is 18.8 Å². The summed E-state index contributed by atoms with van der Waals surface area (Å²) < 4.78 is 0. The van der Waals surface area contributed by atoms with Crippen molar-refractivity contribution in [3.8, 4) is 0 Å². The molecular weight excluding hydrogens is 236 g/mol. The molecule has 104 valence electrons. The minimum absolute atomic E-state index is 0.236. The average molecular weight is 260 g/mol. The van der Waals surface area contributed by atoms with E-state index in [1.54, 1.807) is 0 Å². The van der Waals surface area contributed by atoms with E-state index >= 15 is 0 Å². The largest absolute Gasteiger partial charge is 0.373 e. The summed E-state index contributed by atoms with van der Waals surface area (Å²) in [6, 6.07) is 7.87. The van der Waals surface area contributed by atoms with Gasteiger partial charge in [0, 0.05) is 5.69 Å². The quantitative estimate of drug-likeness (QED) is 0.874. The smallest absolute Gasteiger partial charge is 0.240 e. The van der Waals surface area contributed by atoms with Gasteiger partial charge in [-0.15, -0.1) is 0 Å². The SMILES string of the molecule is Cc1ccc(NC(C(N)=O)C2CCCC(C)C2)cc1. The molecule has 0 aliphatic heterocycles. The maximum atomic E-state index is 11.7. The first-order valence-electron chi connectivity index (χ1n) is 7.19. The van der Waals surface area contributed by atoms with Crippen molar-refractivity contribution in [3.63, 3.8) is 0 Å². The van der Waals surface area contributed by atoms with Crippen molar-refractivity contribution < 1.29 is 4.79 Å². The van der Waals surface area contributed by atoms with Crippen molar-refractivity contribution in [1.82, 2.24) is 0 Å². The third-order valence-corrected chi connectivity index (χ3v) is 4.13. The lowest BCUT2D eigenvalue weighted by molar-refractivity contribution is -0.120. The van der Waals surface area contributed by atoms with Gasteiger partial charge in [0.15, 0.2) is 0 Å². The molecule has 0 saturated heterocycles. The lowest BCUT2D eigenvalue weighted by Crippen LogP contribution is -2.43. The molecule has 1 aromatic carbocycles. The van der Waals surface area contributed by atoms with Gasteiger partial charge in [0.05, 0.1) is 0 Å². The first-order chi connectivity index (χ1) is 9.06. The highest BCUT2D eigenvalue weighted by Crippen LogP contribution is 2.32. The van der Waals surface area contributed by atoms with Crippen LogP contribution in [0.4, 0.5) is 5.69 Å². The minimum Gasteiger partial charge on any atom is -0.373 e. The molecule has 2 rings (SSSR count). The van der Waals surface area contributed by atoms with Gasteiger partial charge in [0.1, 0.15) is 6.04 Å². The summed E-state index contributed by atoms with van der Waals surface area (Å²) in [7, 11) is 0. The molecule has 0 bridgehead atoms. The summed E-state index contributed by atoms with van der Waals surface area (Å²) in [5, 5.41) is 3.32. The average Bonchev–Trinajstić information content (AvgIpc) is 2.37. The van der Waals surface area contributed by atoms with E-state index in [0.717, 1.165) is 18.5 Å². The molecule has 1 saturated carbocycles. The number of anilines is 1. The van der Waals surface area contributed by atoms with Crippen molar-refractivity contribution in [2.24, 2.45) is 17.6 Å². The third-order valence-electron chi connectivity index (χ3n) is 4.13. The fourth-order valence-corrected chi connectivity index (χ4v) is 3.03. The molecule has 3 unspecified atom stereocenters. The summed E-state index contributed by atoms with van der Waals surface area (Å²) in [4.78, 5) is 11.7. The van der Waals surface area contributed by atoms with E-state index in [2.05, 4.69) is 19.2 Å². The zero-order chi connectivity index (χ0) is 13.8. The maximum Gasteiger partial charge on any atom is 0.240 e. The molecule has 1 aromatic rings. The summed E-state index contributed by atoms with van der Waals surface area (Å²) >= 11 is 0. The predicted molar refractivity (Wildman–Crippen MR) is 78.9 cm³/mol. The number of nitrogens with two attached hydrogens (primary N) is 1. The van der Waals surface area contributed by atoms with Crippen LogP contribution in [0.3, 0.4) is 0 Å². The molecule has 1 amide bonds. The Kier molecular flexibility index (Phi) is 4.46. The summed E-state index contributed by atoms with van der Waals surface area (Å²) in [6.45, 7) is 4.31. The van der Waals surface area contributed by atoms with Crippen LogP contribution in [0.2, 0.25) is 0 Å². The van der Waals surface area contributed by atoms with Crippen molar-refractivity contribution in [2.45, 2.75) is 45.6 Å². The molecule has 3 atom stereocenters. The number of rotatable bonds is 4. The molecule has 0 heterocycles. The Morgan fingerprint density at radius 3 is 2.58 bits per heavy atom. The Labute approximate surface area is 115 Å². The molecule has 0 aromatic heterocycles. The standard InChI is InChI=1S/C16H24N2O/c1-11-6-8-14(9-7-11)18-15(16(17)19)13-5-3-4-12(2)10-13/h6-9,12-13,15,18H,3-5,10H2,1-2H3,(H2,17,19). The number of carbonyl (C=O) groups excluding carboxylic acids is 1. The second-order valence-corrected chi connectivity index (χ2v) is 5.92. The first-order valence-corrected chi connectivity index (χ1v) is 7.19. The van der Waals surface area contributed by atoms with Gasteiger partial charge in [-0.1, -0.05) is 37.5 Å².